The summed E-state index contributed by atoms with van der Waals surface area (Å²) in [6, 6.07) is 7.28. The number of ether oxygens (including phenoxy) is 2. The Morgan fingerprint density at radius 1 is 1.13 bits per heavy atom. The second-order valence-corrected chi connectivity index (χ2v) is 15.4. The lowest BCUT2D eigenvalue weighted by Gasteiger charge is -2.40. The number of nitriles is 2. The van der Waals surface area contributed by atoms with Crippen LogP contribution in [0.4, 0.5) is 23.0 Å². The number of carbonyl (C=O) groups excluding carboxylic acids is 1. The van der Waals surface area contributed by atoms with Crippen molar-refractivity contribution in [2.24, 2.45) is 0 Å². The molecule has 4 aliphatic rings. The van der Waals surface area contributed by atoms with Crippen LogP contribution in [0.5, 0.6) is 11.9 Å². The summed E-state index contributed by atoms with van der Waals surface area (Å²) in [6.45, 7) is 2.37. The van der Waals surface area contributed by atoms with Crippen LogP contribution in [0.15, 0.2) is 18.2 Å². The number of carbonyl (C=O) groups is 1. The molecular weight excluding hydrogens is 717 g/mol. The van der Waals surface area contributed by atoms with Gasteiger partial charge in [-0.15, -0.1) is 11.3 Å². The monoisotopic (exact) mass is 750 g/mol. The van der Waals surface area contributed by atoms with Gasteiger partial charge in [0.25, 0.3) is 0 Å². The molecule has 11 nitrogen and oxygen atoms in total. The molecule has 2 amide bonds. The third kappa shape index (κ3) is 5.79. The quantitative estimate of drug-likeness (QED) is 0.225. The van der Waals surface area contributed by atoms with E-state index in [-0.39, 0.29) is 78.8 Å². The van der Waals surface area contributed by atoms with Crippen LogP contribution in [0.3, 0.4) is 0 Å². The van der Waals surface area contributed by atoms with Gasteiger partial charge in [-0.2, -0.15) is 20.5 Å². The van der Waals surface area contributed by atoms with Crippen LogP contribution in [0, 0.1) is 34.3 Å². The van der Waals surface area contributed by atoms with Gasteiger partial charge in [-0.3, -0.25) is 4.90 Å². The summed E-state index contributed by atoms with van der Waals surface area (Å²) in [6.07, 6.45) is 3.09. The number of hydrogen-bond donors (Lipinski definition) is 1. The Bertz CT molecular complexity index is 2190. The van der Waals surface area contributed by atoms with Crippen LogP contribution in [0.25, 0.3) is 32.1 Å². The average molecular weight is 751 g/mol. The Morgan fingerprint density at radius 3 is 2.75 bits per heavy atom. The predicted molar refractivity (Wildman–Crippen MR) is 189 cm³/mol. The van der Waals surface area contributed by atoms with Gasteiger partial charge in [-0.25, -0.2) is 18.0 Å². The van der Waals surface area contributed by atoms with Crippen LogP contribution in [0.2, 0.25) is 5.02 Å². The van der Waals surface area contributed by atoms with E-state index in [1.165, 1.54) is 18.2 Å². The molecule has 52 heavy (non-hydrogen) atoms. The van der Waals surface area contributed by atoms with Crippen molar-refractivity contribution < 1.29 is 27.4 Å². The summed E-state index contributed by atoms with van der Waals surface area (Å²) in [5.41, 5.74) is 5.40. The second-order valence-electron chi connectivity index (χ2n) is 14.0. The van der Waals surface area contributed by atoms with Crippen LogP contribution >= 0.6 is 22.9 Å². The summed E-state index contributed by atoms with van der Waals surface area (Å²) < 4.78 is 59.3. The lowest BCUT2D eigenvalue weighted by atomic mass is 9.95. The van der Waals surface area contributed by atoms with Gasteiger partial charge in [0.05, 0.1) is 38.8 Å². The Morgan fingerprint density at radius 2 is 1.98 bits per heavy atom. The maximum atomic E-state index is 17.0. The zero-order valence-electron chi connectivity index (χ0n) is 28.0. The number of fused-ring (bicyclic) bond motifs is 3. The van der Waals surface area contributed by atoms with E-state index in [0.29, 0.717) is 38.9 Å². The van der Waals surface area contributed by atoms with Gasteiger partial charge in [-0.1, -0.05) is 17.7 Å². The van der Waals surface area contributed by atoms with Crippen molar-refractivity contribution in [3.8, 4) is 35.2 Å². The Hall–Kier alpha value is -4.57. The highest BCUT2D eigenvalue weighted by Crippen LogP contribution is 2.46. The van der Waals surface area contributed by atoms with Crippen molar-refractivity contribution in [3.05, 3.63) is 40.4 Å². The van der Waals surface area contributed by atoms with Crippen molar-refractivity contribution in [1.29, 1.82) is 10.5 Å². The highest BCUT2D eigenvalue weighted by molar-refractivity contribution is 7.23. The molecule has 270 valence electrons. The van der Waals surface area contributed by atoms with E-state index in [1.807, 2.05) is 6.07 Å². The molecule has 4 saturated heterocycles. The first-order valence-electron chi connectivity index (χ1n) is 17.3. The summed E-state index contributed by atoms with van der Waals surface area (Å²) in [7, 11) is 0. The molecule has 0 radical (unpaired) electrons. The largest absolute Gasteiger partial charge is 0.472 e. The van der Waals surface area contributed by atoms with E-state index in [4.69, 9.17) is 26.8 Å². The number of nitrogen functional groups attached to an aromatic ring is 1. The van der Waals surface area contributed by atoms with Crippen LogP contribution < -0.4 is 15.2 Å². The molecule has 4 atom stereocenters. The standard InChI is InChI=1S/C36H34ClF3N8O3S/c37-25-12-23-30(29(40)28(25)22-5-6-26(39)31-27(22)24(15-42)32(43)52-31)44-34(50-18-36-8-3-10-47(36)16-19(38)13-36)45-33(23)51-21-4-1-2-9-46(17-21)35(49)48-11-7-20(48)14-41/h5-6,12,19-21H,1-4,7-11,13,16-18,43H2/t19-,20+,21?,36+/m1/s1. The maximum Gasteiger partial charge on any atom is 0.321 e. The molecule has 4 aliphatic heterocycles. The molecule has 0 aliphatic carbocycles. The number of amides is 2. The summed E-state index contributed by atoms with van der Waals surface area (Å²) >= 11 is 7.71. The number of benzene rings is 2. The van der Waals surface area contributed by atoms with Gasteiger partial charge in [0.2, 0.25) is 5.88 Å². The fourth-order valence-electron chi connectivity index (χ4n) is 8.17. The van der Waals surface area contributed by atoms with E-state index < -0.39 is 35.5 Å². The minimum atomic E-state index is -0.986. The SMILES string of the molecule is N#Cc1c(N)sc2c(F)ccc(-c3c(Cl)cc4c(OC5CCCCN(C(=O)N6CC[C@H]6C#N)C5)nc(OC[C@@]56CCCN5C[C@H](F)C6)nc4c3F)c12. The van der Waals surface area contributed by atoms with Crippen molar-refractivity contribution in [3.63, 3.8) is 0 Å². The van der Waals surface area contributed by atoms with Gasteiger partial charge in [-0.05, 0) is 62.8 Å². The Balaban J connectivity index is 1.21. The molecule has 1 unspecified atom stereocenters. The minimum Gasteiger partial charge on any atom is -0.472 e. The first-order chi connectivity index (χ1) is 25.1. The van der Waals surface area contributed by atoms with Crippen molar-refractivity contribution in [2.45, 2.75) is 68.8 Å². The molecule has 2 aromatic heterocycles. The van der Waals surface area contributed by atoms with E-state index in [1.54, 1.807) is 9.80 Å². The number of hydrogen-bond acceptors (Lipinski definition) is 10. The van der Waals surface area contributed by atoms with Crippen LogP contribution in [-0.2, 0) is 0 Å². The van der Waals surface area contributed by atoms with E-state index in [9.17, 15) is 24.1 Å². The maximum absolute atomic E-state index is 17.0. The summed E-state index contributed by atoms with van der Waals surface area (Å²) in [4.78, 5) is 27.8. The number of alkyl halides is 1. The molecule has 0 saturated carbocycles. The number of nitrogens with zero attached hydrogens (tertiary/aromatic N) is 7. The third-order valence-electron chi connectivity index (χ3n) is 10.8. The van der Waals surface area contributed by atoms with Crippen molar-refractivity contribution >= 4 is 55.0 Å². The van der Waals surface area contributed by atoms with E-state index in [2.05, 4.69) is 20.9 Å². The van der Waals surface area contributed by atoms with Crippen LogP contribution in [0.1, 0.15) is 50.5 Å². The lowest BCUT2D eigenvalue weighted by molar-refractivity contribution is 0.0879. The molecule has 2 N–H and O–H groups in total. The lowest BCUT2D eigenvalue weighted by Crippen LogP contribution is -2.56. The fourth-order valence-corrected chi connectivity index (χ4v) is 9.41. The predicted octanol–water partition coefficient (Wildman–Crippen LogP) is 6.80. The van der Waals surface area contributed by atoms with Gasteiger partial charge in [0.15, 0.2) is 5.82 Å². The first kappa shape index (κ1) is 34.5. The molecule has 4 aromatic rings. The first-order valence-corrected chi connectivity index (χ1v) is 18.5. The topological polar surface area (TPSA) is 145 Å². The molecule has 4 fully saturated rings. The molecule has 8 rings (SSSR count). The normalized spacial score (nSPS) is 24.7. The summed E-state index contributed by atoms with van der Waals surface area (Å²) in [5, 5.41) is 19.6. The van der Waals surface area contributed by atoms with Crippen molar-refractivity contribution in [2.75, 3.05) is 45.1 Å². The number of rotatable bonds is 6. The van der Waals surface area contributed by atoms with E-state index in [0.717, 1.165) is 43.6 Å². The zero-order chi connectivity index (χ0) is 36.3. The third-order valence-corrected chi connectivity index (χ3v) is 12.2. The molecule has 16 heteroatoms. The smallest absolute Gasteiger partial charge is 0.321 e. The highest BCUT2D eigenvalue weighted by atomic mass is 35.5. The second kappa shape index (κ2) is 13.4. The van der Waals surface area contributed by atoms with Gasteiger partial charge >= 0.3 is 12.0 Å². The number of halogens is 4. The van der Waals surface area contributed by atoms with Crippen molar-refractivity contribution in [1.82, 2.24) is 24.7 Å². The Kier molecular flexibility index (Phi) is 8.92. The molecule has 6 heterocycles. The number of thiophene rings is 1. The number of urea groups is 1. The fraction of sp³-hybridized carbons (Fsp3) is 0.472. The molecule has 2 aromatic carbocycles. The van der Waals surface area contributed by atoms with Crippen LogP contribution in [-0.4, -0.2) is 93.9 Å². The number of nitrogens with two attached hydrogens (primary N) is 1. The molecular formula is C36H34ClF3N8O3S. The van der Waals surface area contributed by atoms with E-state index >= 15 is 4.39 Å². The van der Waals surface area contributed by atoms with Gasteiger partial charge in [0.1, 0.15) is 47.3 Å². The number of aromatic nitrogens is 2. The highest BCUT2D eigenvalue weighted by Gasteiger charge is 2.49. The van der Waals surface area contributed by atoms with Gasteiger partial charge in [0, 0.05) is 37.0 Å². The van der Waals surface area contributed by atoms with Gasteiger partial charge < -0.3 is 25.0 Å². The average Bonchev–Trinajstić information content (AvgIpc) is 3.68. The molecule has 0 spiro atoms. The molecule has 0 bridgehead atoms. The number of likely N-dealkylation sites (tertiary alicyclic amines) is 2. The summed E-state index contributed by atoms with van der Waals surface area (Å²) in [5.74, 6) is -1.49. The zero-order valence-corrected chi connectivity index (χ0v) is 29.6. The minimum absolute atomic E-state index is 0.00989. The Labute approximate surface area is 306 Å². The number of anilines is 1.